The molecular weight excluding hydrogens is 289 g/mol. The number of benzene rings is 2. The maximum absolute atomic E-state index is 13.9. The summed E-state index contributed by atoms with van der Waals surface area (Å²) in [6, 6.07) is 10.5. The Morgan fingerprint density at radius 1 is 1.29 bits per heavy atom. The first kappa shape index (κ1) is 15.8. The van der Waals surface area contributed by atoms with Crippen molar-refractivity contribution in [2.45, 2.75) is 32.7 Å². The third-order valence-corrected chi connectivity index (χ3v) is 3.77. The molecule has 0 amide bonds. The number of hydrogen-bond acceptors (Lipinski definition) is 2. The number of hydrogen-bond donors (Lipinski definition) is 1. The lowest BCUT2D eigenvalue weighted by atomic mass is 10.0. The summed E-state index contributed by atoms with van der Waals surface area (Å²) in [6.07, 6.45) is 1.61. The molecule has 21 heavy (non-hydrogen) atoms. The largest absolute Gasteiger partial charge is 0.454 e. The Hall–Kier alpha value is -1.58. The minimum absolute atomic E-state index is 0.0866. The summed E-state index contributed by atoms with van der Waals surface area (Å²) in [5, 5.41) is 0.587. The van der Waals surface area contributed by atoms with Gasteiger partial charge in [0.25, 0.3) is 0 Å². The van der Waals surface area contributed by atoms with E-state index in [1.54, 1.807) is 37.3 Å². The fraction of sp³-hybridized carbons (Fsp3) is 0.294. The molecule has 2 rings (SSSR count). The van der Waals surface area contributed by atoms with E-state index in [-0.39, 0.29) is 17.6 Å². The average Bonchev–Trinajstić information content (AvgIpc) is 2.46. The van der Waals surface area contributed by atoms with Crippen LogP contribution in [0.15, 0.2) is 36.4 Å². The zero-order valence-corrected chi connectivity index (χ0v) is 13.0. The van der Waals surface area contributed by atoms with Gasteiger partial charge in [0.15, 0.2) is 11.6 Å². The van der Waals surface area contributed by atoms with Crippen LogP contribution < -0.4 is 10.5 Å². The predicted molar refractivity (Wildman–Crippen MR) is 84.6 cm³/mol. The fourth-order valence-electron chi connectivity index (χ4n) is 2.01. The van der Waals surface area contributed by atoms with Crippen molar-refractivity contribution in [3.63, 3.8) is 0 Å². The monoisotopic (exact) mass is 307 g/mol. The lowest BCUT2D eigenvalue weighted by Gasteiger charge is -2.12. The van der Waals surface area contributed by atoms with E-state index in [1.165, 1.54) is 0 Å². The normalized spacial score (nSPS) is 12.2. The molecule has 0 aromatic heterocycles. The van der Waals surface area contributed by atoms with Gasteiger partial charge in [0.1, 0.15) is 5.75 Å². The number of ether oxygens (including phenoxy) is 1. The van der Waals surface area contributed by atoms with E-state index in [0.717, 1.165) is 12.0 Å². The number of halogens is 2. The molecule has 2 nitrogen and oxygen atoms in total. The molecule has 0 saturated carbocycles. The van der Waals surface area contributed by atoms with Crippen LogP contribution in [0.1, 0.15) is 24.5 Å². The van der Waals surface area contributed by atoms with Crippen molar-refractivity contribution >= 4 is 11.6 Å². The molecule has 0 radical (unpaired) electrons. The van der Waals surface area contributed by atoms with Crippen LogP contribution >= 0.6 is 11.6 Å². The summed E-state index contributed by atoms with van der Waals surface area (Å²) < 4.78 is 19.5. The fourth-order valence-corrected chi connectivity index (χ4v) is 2.26. The van der Waals surface area contributed by atoms with Crippen molar-refractivity contribution in [3.8, 4) is 11.5 Å². The van der Waals surface area contributed by atoms with Gasteiger partial charge >= 0.3 is 0 Å². The minimum atomic E-state index is -0.356. The molecule has 1 unspecified atom stereocenters. The first-order valence-corrected chi connectivity index (χ1v) is 7.36. The van der Waals surface area contributed by atoms with Crippen LogP contribution in [0, 0.1) is 12.7 Å². The third kappa shape index (κ3) is 3.96. The highest BCUT2D eigenvalue weighted by Crippen LogP contribution is 2.29. The van der Waals surface area contributed by atoms with Crippen LogP contribution in [0.4, 0.5) is 4.39 Å². The van der Waals surface area contributed by atoms with Crippen molar-refractivity contribution in [2.24, 2.45) is 5.73 Å². The zero-order chi connectivity index (χ0) is 15.4. The quantitative estimate of drug-likeness (QED) is 0.856. The Morgan fingerprint density at radius 3 is 2.71 bits per heavy atom. The smallest absolute Gasteiger partial charge is 0.168 e. The van der Waals surface area contributed by atoms with Gasteiger partial charge in [-0.15, -0.1) is 0 Å². The average molecular weight is 308 g/mol. The van der Waals surface area contributed by atoms with E-state index < -0.39 is 0 Å². The molecule has 0 aliphatic heterocycles. The Labute approximate surface area is 129 Å². The van der Waals surface area contributed by atoms with Crippen LogP contribution in [0.5, 0.6) is 11.5 Å². The van der Waals surface area contributed by atoms with Gasteiger partial charge in [0, 0.05) is 11.1 Å². The number of nitrogens with two attached hydrogens (primary N) is 1. The second-order valence-corrected chi connectivity index (χ2v) is 5.52. The van der Waals surface area contributed by atoms with Crippen LogP contribution in [0.3, 0.4) is 0 Å². The van der Waals surface area contributed by atoms with Gasteiger partial charge in [-0.3, -0.25) is 0 Å². The molecule has 0 heterocycles. The van der Waals surface area contributed by atoms with Crippen molar-refractivity contribution < 1.29 is 9.13 Å². The van der Waals surface area contributed by atoms with Crippen LogP contribution in [-0.4, -0.2) is 6.04 Å². The molecule has 0 aliphatic carbocycles. The first-order chi connectivity index (χ1) is 10.0. The Morgan fingerprint density at radius 2 is 2.05 bits per heavy atom. The van der Waals surface area contributed by atoms with Gasteiger partial charge in [-0.2, -0.15) is 0 Å². The van der Waals surface area contributed by atoms with Crippen LogP contribution in [-0.2, 0) is 6.42 Å². The summed E-state index contributed by atoms with van der Waals surface area (Å²) in [6.45, 7) is 3.74. The highest BCUT2D eigenvalue weighted by molar-refractivity contribution is 6.31. The minimum Gasteiger partial charge on any atom is -0.454 e. The predicted octanol–water partition coefficient (Wildman–Crippen LogP) is 4.86. The lowest BCUT2D eigenvalue weighted by Crippen LogP contribution is -2.21. The standard InChI is InChI=1S/C17H19ClFNO/c1-3-13(20)9-12-7-8-14(10-15(12)18)21-16-6-4-5-11(2)17(16)19/h4-8,10,13H,3,9,20H2,1-2H3. The van der Waals surface area contributed by atoms with Gasteiger partial charge in [-0.1, -0.05) is 36.7 Å². The van der Waals surface area contributed by atoms with E-state index in [2.05, 4.69) is 0 Å². The summed E-state index contributed by atoms with van der Waals surface area (Å²) in [5.41, 5.74) is 7.45. The number of aryl methyl sites for hydroxylation is 1. The molecule has 0 saturated heterocycles. The molecule has 112 valence electrons. The van der Waals surface area contributed by atoms with E-state index in [0.29, 0.717) is 22.8 Å². The van der Waals surface area contributed by atoms with Gasteiger partial charge < -0.3 is 10.5 Å². The van der Waals surface area contributed by atoms with Gasteiger partial charge in [0.05, 0.1) is 0 Å². The SMILES string of the molecule is CCC(N)Cc1ccc(Oc2cccc(C)c2F)cc1Cl. The molecule has 2 aromatic carbocycles. The summed E-state index contributed by atoms with van der Waals surface area (Å²) in [7, 11) is 0. The van der Waals surface area contributed by atoms with Crippen molar-refractivity contribution in [1.82, 2.24) is 0 Å². The van der Waals surface area contributed by atoms with E-state index >= 15 is 0 Å². The lowest BCUT2D eigenvalue weighted by molar-refractivity contribution is 0.440. The van der Waals surface area contributed by atoms with Gasteiger partial charge in [0.2, 0.25) is 0 Å². The van der Waals surface area contributed by atoms with Crippen molar-refractivity contribution in [3.05, 3.63) is 58.4 Å². The van der Waals surface area contributed by atoms with Crippen molar-refractivity contribution in [2.75, 3.05) is 0 Å². The van der Waals surface area contributed by atoms with Crippen LogP contribution in [0.2, 0.25) is 5.02 Å². The molecule has 0 aliphatic rings. The maximum atomic E-state index is 13.9. The summed E-state index contributed by atoms with van der Waals surface area (Å²) in [4.78, 5) is 0. The van der Waals surface area contributed by atoms with E-state index in [1.807, 2.05) is 13.0 Å². The molecule has 1 atom stereocenters. The highest BCUT2D eigenvalue weighted by atomic mass is 35.5. The summed E-state index contributed by atoms with van der Waals surface area (Å²) >= 11 is 6.24. The molecule has 2 aromatic rings. The van der Waals surface area contributed by atoms with Gasteiger partial charge in [-0.05, 0) is 49.1 Å². The molecule has 0 fully saturated rings. The molecule has 0 bridgehead atoms. The Balaban J connectivity index is 2.18. The van der Waals surface area contributed by atoms with Crippen LogP contribution in [0.25, 0.3) is 0 Å². The van der Waals surface area contributed by atoms with Gasteiger partial charge in [-0.25, -0.2) is 4.39 Å². The molecule has 2 N–H and O–H groups in total. The highest BCUT2D eigenvalue weighted by Gasteiger charge is 2.10. The number of rotatable bonds is 5. The summed E-state index contributed by atoms with van der Waals surface area (Å²) in [5.74, 6) is 0.355. The molecular formula is C17H19ClFNO. The molecule has 4 heteroatoms. The van der Waals surface area contributed by atoms with Crippen molar-refractivity contribution in [1.29, 1.82) is 0 Å². The Kier molecular flexibility index (Phi) is 5.21. The topological polar surface area (TPSA) is 35.2 Å². The van der Waals surface area contributed by atoms with E-state index in [4.69, 9.17) is 22.1 Å². The first-order valence-electron chi connectivity index (χ1n) is 6.98. The molecule has 0 spiro atoms. The Bertz CT molecular complexity index is 630. The third-order valence-electron chi connectivity index (χ3n) is 3.42. The maximum Gasteiger partial charge on any atom is 0.168 e. The zero-order valence-electron chi connectivity index (χ0n) is 12.2. The van der Waals surface area contributed by atoms with E-state index in [9.17, 15) is 4.39 Å². The second kappa shape index (κ2) is 6.92. The second-order valence-electron chi connectivity index (χ2n) is 5.11.